The first kappa shape index (κ1) is 79.8. The zero-order valence-electron chi connectivity index (χ0n) is 65.3. The Morgan fingerprint density at radius 2 is 0.295 bits per heavy atom. The van der Waals surface area contributed by atoms with Crippen molar-refractivity contribution in [1.82, 2.24) is 0 Å². The van der Waals surface area contributed by atoms with Crippen LogP contribution in [0, 0.1) is 96.9 Å². The van der Waals surface area contributed by atoms with E-state index in [2.05, 4.69) is 437 Å². The maximum Gasteiger partial charge on any atom is -0.00205 e. The summed E-state index contributed by atoms with van der Waals surface area (Å²) in [4.78, 5) is 0. The van der Waals surface area contributed by atoms with E-state index in [1.54, 1.807) is 0 Å². The van der Waals surface area contributed by atoms with Gasteiger partial charge in [0.2, 0.25) is 0 Å². The zero-order valence-corrected chi connectivity index (χ0v) is 65.3. The van der Waals surface area contributed by atoms with Crippen molar-refractivity contribution in [3.8, 4) is 0 Å². The largest absolute Gasteiger partial charge is 0.0620 e. The summed E-state index contributed by atoms with van der Waals surface area (Å²) < 4.78 is 0. The van der Waals surface area contributed by atoms with Crippen LogP contribution in [0.4, 0.5) is 0 Å². The van der Waals surface area contributed by atoms with E-state index in [0.29, 0.717) is 0 Å². The molecule has 0 bridgehead atoms. The van der Waals surface area contributed by atoms with E-state index in [-0.39, 0.29) is 0 Å². The van der Waals surface area contributed by atoms with Crippen LogP contribution >= 0.6 is 0 Å². The number of hydrogen-bond acceptors (Lipinski definition) is 0. The van der Waals surface area contributed by atoms with Gasteiger partial charge in [0.1, 0.15) is 0 Å². The molecule has 0 heterocycles. The Hall–Kier alpha value is -10.9. The third kappa shape index (κ3) is 29.4. The van der Waals surface area contributed by atoms with Crippen molar-refractivity contribution in [2.24, 2.45) is 0 Å². The Labute approximate surface area is 633 Å². The molecule has 0 nitrogen and oxygen atoms in total. The molecule has 0 spiro atoms. The summed E-state index contributed by atoms with van der Waals surface area (Å²) in [7, 11) is 0. The minimum absolute atomic E-state index is 1.03. The van der Waals surface area contributed by atoms with Gasteiger partial charge in [0, 0.05) is 0 Å². The molecule has 0 amide bonds. The summed E-state index contributed by atoms with van der Waals surface area (Å²) >= 11 is 0. The molecule has 0 aliphatic carbocycles. The first-order valence-corrected chi connectivity index (χ1v) is 37.5. The van der Waals surface area contributed by atoms with E-state index in [0.717, 1.165) is 44.9 Å². The van der Waals surface area contributed by atoms with E-state index in [1.165, 1.54) is 156 Å². The van der Waals surface area contributed by atoms with Crippen molar-refractivity contribution < 1.29 is 0 Å². The molecule has 0 fully saturated rings. The summed E-state index contributed by atoms with van der Waals surface area (Å²) in [6.45, 7) is 30.0. The van der Waals surface area contributed by atoms with Crippen LogP contribution in [0.1, 0.15) is 156 Å². The van der Waals surface area contributed by atoms with Gasteiger partial charge in [-0.2, -0.15) is 0 Å². The second kappa shape index (κ2) is 42.6. The number of rotatable bonds is 14. The highest BCUT2D eigenvalue weighted by molar-refractivity contribution is 5.40. The summed E-state index contributed by atoms with van der Waals surface area (Å²) in [5, 5.41) is 0. The molecule has 0 N–H and O–H groups in total. The van der Waals surface area contributed by atoms with Gasteiger partial charge >= 0.3 is 0 Å². The lowest BCUT2D eigenvalue weighted by Crippen LogP contribution is -1.93. The van der Waals surface area contributed by atoms with Gasteiger partial charge < -0.3 is 0 Å². The molecular formula is C105H112. The molecular weight excluding hydrogens is 1260 g/mol. The average molecular weight is 1370 g/mol. The number of aryl methyl sites for hydroxylation is 14. The van der Waals surface area contributed by atoms with Gasteiger partial charge in [0.05, 0.1) is 0 Å². The van der Waals surface area contributed by atoms with Crippen molar-refractivity contribution >= 4 is 0 Å². The zero-order chi connectivity index (χ0) is 74.7. The van der Waals surface area contributed by atoms with Gasteiger partial charge in [-0.3, -0.25) is 0 Å². The predicted octanol–water partition coefficient (Wildman–Crippen LogP) is 27.3. The van der Waals surface area contributed by atoms with Crippen LogP contribution in [0.15, 0.2) is 340 Å². The third-order valence-electron chi connectivity index (χ3n) is 19.0. The Kier molecular flexibility index (Phi) is 32.4. The fraction of sp³-hybridized carbons (Fsp3) is 0.200. The molecule has 0 saturated heterocycles. The van der Waals surface area contributed by atoms with Crippen LogP contribution in [0.5, 0.6) is 0 Å². The molecule has 532 valence electrons. The molecule has 14 rings (SSSR count). The summed E-state index contributed by atoms with van der Waals surface area (Å²) in [6, 6.07) is 121. The van der Waals surface area contributed by atoms with Crippen LogP contribution in [0.3, 0.4) is 0 Å². The van der Waals surface area contributed by atoms with E-state index in [4.69, 9.17) is 0 Å². The lowest BCUT2D eigenvalue weighted by atomic mass is 9.98. The smallest absolute Gasteiger partial charge is 0.00205 e. The highest BCUT2D eigenvalue weighted by atomic mass is 14.1. The molecule has 0 heteroatoms. The predicted molar refractivity (Wildman–Crippen MR) is 456 cm³/mol. The Bertz CT molecular complexity index is 4650. The summed E-state index contributed by atoms with van der Waals surface area (Å²) in [6.07, 6.45) is 7.24. The minimum Gasteiger partial charge on any atom is -0.0620 e. The van der Waals surface area contributed by atoms with Crippen molar-refractivity contribution in [3.05, 3.63) is 495 Å². The van der Waals surface area contributed by atoms with Crippen molar-refractivity contribution in [2.45, 2.75) is 142 Å². The molecule has 105 heavy (non-hydrogen) atoms. The number of benzene rings is 14. The Morgan fingerprint density at radius 1 is 0.124 bits per heavy atom. The lowest BCUT2D eigenvalue weighted by molar-refractivity contribution is 1.13. The van der Waals surface area contributed by atoms with Gasteiger partial charge in [-0.15, -0.1) is 0 Å². The van der Waals surface area contributed by atoms with Crippen molar-refractivity contribution in [1.29, 1.82) is 0 Å². The van der Waals surface area contributed by atoms with Crippen LogP contribution in [0.2, 0.25) is 0 Å². The molecule has 0 aliphatic heterocycles. The highest BCUT2D eigenvalue weighted by Gasteiger charge is 2.05. The van der Waals surface area contributed by atoms with E-state index >= 15 is 0 Å². The molecule has 14 aromatic carbocycles. The molecule has 0 aliphatic rings. The lowest BCUT2D eigenvalue weighted by Gasteiger charge is -2.07. The molecule has 0 atom stereocenters. The quantitative estimate of drug-likeness (QED) is 0.102. The van der Waals surface area contributed by atoms with E-state index < -0.39 is 0 Å². The number of hydrogen-bond donors (Lipinski definition) is 0. The molecule has 0 aromatic heterocycles. The molecule has 0 radical (unpaired) electrons. The first-order valence-electron chi connectivity index (χ1n) is 37.5. The third-order valence-corrected chi connectivity index (χ3v) is 19.0. The molecule has 0 saturated carbocycles. The molecule has 14 aromatic rings. The average Bonchev–Trinajstić information content (AvgIpc) is 0.901. The fourth-order valence-electron chi connectivity index (χ4n) is 12.5. The Balaban J connectivity index is 0.000000155. The highest BCUT2D eigenvalue weighted by Crippen LogP contribution is 2.21. The minimum atomic E-state index is 1.03. The van der Waals surface area contributed by atoms with Gasteiger partial charge in [0.25, 0.3) is 0 Å². The van der Waals surface area contributed by atoms with Gasteiger partial charge in [-0.25, -0.2) is 0 Å². The van der Waals surface area contributed by atoms with Crippen LogP contribution in [-0.2, 0) is 44.9 Å². The maximum atomic E-state index is 2.26. The first-order chi connectivity index (χ1) is 50.7. The second-order valence-electron chi connectivity index (χ2n) is 28.8. The van der Waals surface area contributed by atoms with Gasteiger partial charge in [-0.1, -0.05) is 390 Å². The maximum absolute atomic E-state index is 2.26. The van der Waals surface area contributed by atoms with E-state index in [1.807, 2.05) is 0 Å². The molecule has 0 unspecified atom stereocenters. The monoisotopic (exact) mass is 1370 g/mol. The van der Waals surface area contributed by atoms with Crippen LogP contribution in [-0.4, -0.2) is 0 Å². The normalized spacial score (nSPS) is 10.3. The SMILES string of the molecule is Cc1ccc(Cc2ccc(C)cc2)cc1.Cc1ccc(Cc2cccc(C)c2)cc1.Cc1ccc(Cc2ccccc2C)cc1.Cc1cccc(Cc2cccc(C)c2)c1.Cc1cccc(Cc2ccccc2C)c1.Cc1cccc(Cc2ccccc2C)c1.Cc1ccccc1Cc1ccccc1C. The van der Waals surface area contributed by atoms with Crippen molar-refractivity contribution in [2.75, 3.05) is 0 Å². The van der Waals surface area contributed by atoms with Gasteiger partial charge in [-0.05, 0) is 248 Å². The summed E-state index contributed by atoms with van der Waals surface area (Å²) in [5.74, 6) is 0. The van der Waals surface area contributed by atoms with Crippen LogP contribution in [0.25, 0.3) is 0 Å². The summed E-state index contributed by atoms with van der Waals surface area (Å²) in [5.41, 5.74) is 38.4. The topological polar surface area (TPSA) is 0 Å². The van der Waals surface area contributed by atoms with Gasteiger partial charge in [0.15, 0.2) is 0 Å². The van der Waals surface area contributed by atoms with E-state index in [9.17, 15) is 0 Å². The Morgan fingerprint density at radius 3 is 0.514 bits per heavy atom. The second-order valence-corrected chi connectivity index (χ2v) is 28.8. The van der Waals surface area contributed by atoms with Crippen LogP contribution < -0.4 is 0 Å². The fourth-order valence-corrected chi connectivity index (χ4v) is 12.5. The van der Waals surface area contributed by atoms with Crippen molar-refractivity contribution in [3.63, 3.8) is 0 Å². The standard InChI is InChI=1S/7C15H16/c1-12-3-7-14(8-4-12)11-15-9-5-13(2)6-10-15;1-12-5-3-7-14(9-12)11-15-8-4-6-13(2)10-15;1-12-7-3-5-9-14(12)11-15-10-6-4-8-13(15)2;2*1-12-6-5-8-14(10-12)11-15-9-4-3-7-13(15)2;1-12-6-8-14(9-7-12)11-15-5-3-4-13(2)10-15;1-12-7-9-14(10-8-12)11-15-6-4-3-5-13(15)2/h7*3-10H,11H2,1-2H3.